The van der Waals surface area contributed by atoms with Gasteiger partial charge in [0.05, 0.1) is 11.9 Å². The van der Waals surface area contributed by atoms with E-state index in [0.717, 1.165) is 24.6 Å². The van der Waals surface area contributed by atoms with Crippen LogP contribution >= 0.6 is 0 Å². The summed E-state index contributed by atoms with van der Waals surface area (Å²) in [6.07, 6.45) is 12.4. The highest BCUT2D eigenvalue weighted by Crippen LogP contribution is 2.32. The molecule has 0 radical (unpaired) electrons. The van der Waals surface area contributed by atoms with Crippen molar-refractivity contribution in [3.63, 3.8) is 0 Å². The zero-order valence-corrected chi connectivity index (χ0v) is 12.3. The second kappa shape index (κ2) is 5.69. The first-order valence-electron chi connectivity index (χ1n) is 7.49. The third-order valence-corrected chi connectivity index (χ3v) is 4.03. The van der Waals surface area contributed by atoms with Crippen molar-refractivity contribution in [2.75, 3.05) is 11.9 Å². The Hall–Kier alpha value is -1.78. The van der Waals surface area contributed by atoms with Gasteiger partial charge >= 0.3 is 0 Å². The van der Waals surface area contributed by atoms with Gasteiger partial charge in [-0.15, -0.1) is 0 Å². The Morgan fingerprint density at radius 2 is 2.10 bits per heavy atom. The van der Waals surface area contributed by atoms with Crippen LogP contribution in [0.2, 0.25) is 0 Å². The molecule has 1 aliphatic rings. The predicted molar refractivity (Wildman–Crippen MR) is 79.9 cm³/mol. The first kappa shape index (κ1) is 13.2. The topological polar surface area (TPSA) is 47.7 Å². The van der Waals surface area contributed by atoms with Crippen molar-refractivity contribution in [3.05, 3.63) is 29.8 Å². The third kappa shape index (κ3) is 2.86. The zero-order valence-electron chi connectivity index (χ0n) is 12.3. The van der Waals surface area contributed by atoms with E-state index in [-0.39, 0.29) is 0 Å². The summed E-state index contributed by atoms with van der Waals surface area (Å²) in [6, 6.07) is 0.636. The summed E-state index contributed by atoms with van der Waals surface area (Å²) in [5, 5.41) is 7.68. The molecule has 5 heteroatoms. The quantitative estimate of drug-likeness (QED) is 0.911. The number of hydrogen-bond acceptors (Lipinski definition) is 3. The highest BCUT2D eigenvalue weighted by Gasteiger charge is 2.19. The minimum atomic E-state index is 0.636. The van der Waals surface area contributed by atoms with Gasteiger partial charge in [-0.05, 0) is 31.7 Å². The van der Waals surface area contributed by atoms with E-state index >= 15 is 0 Å². The molecule has 1 aliphatic carbocycles. The highest BCUT2D eigenvalue weighted by molar-refractivity contribution is 5.30. The van der Waals surface area contributed by atoms with Crippen LogP contribution in [-0.4, -0.2) is 25.9 Å². The molecule has 0 atom stereocenters. The van der Waals surface area contributed by atoms with Crippen LogP contribution in [0.25, 0.3) is 0 Å². The molecule has 3 rings (SSSR count). The van der Waals surface area contributed by atoms with E-state index in [9.17, 15) is 0 Å². The van der Waals surface area contributed by atoms with E-state index < -0.39 is 0 Å². The zero-order chi connectivity index (χ0) is 13.9. The highest BCUT2D eigenvalue weighted by atomic mass is 15.2. The maximum absolute atomic E-state index is 4.62. The molecule has 108 valence electrons. The monoisotopic (exact) mass is 273 g/mol. The van der Waals surface area contributed by atoms with Crippen molar-refractivity contribution in [3.8, 4) is 0 Å². The molecule has 0 saturated heterocycles. The Kier molecular flexibility index (Phi) is 3.76. The van der Waals surface area contributed by atoms with E-state index in [0.29, 0.717) is 6.04 Å². The van der Waals surface area contributed by atoms with E-state index in [1.54, 1.807) is 0 Å². The molecule has 0 aliphatic heterocycles. The van der Waals surface area contributed by atoms with Gasteiger partial charge in [-0.25, -0.2) is 4.98 Å². The molecule has 1 saturated carbocycles. The second-order valence-corrected chi connectivity index (χ2v) is 5.75. The molecule has 0 spiro atoms. The fourth-order valence-corrected chi connectivity index (χ4v) is 3.03. The summed E-state index contributed by atoms with van der Waals surface area (Å²) < 4.78 is 4.19. The molecule has 2 heterocycles. The van der Waals surface area contributed by atoms with Crippen LogP contribution in [0.1, 0.15) is 43.0 Å². The molecule has 2 aromatic heterocycles. The van der Waals surface area contributed by atoms with Crippen molar-refractivity contribution >= 4 is 5.95 Å². The molecule has 20 heavy (non-hydrogen) atoms. The molecular weight excluding hydrogens is 250 g/mol. The lowest BCUT2D eigenvalue weighted by atomic mass is 10.2. The molecule has 2 aromatic rings. The summed E-state index contributed by atoms with van der Waals surface area (Å²) in [5.41, 5.74) is 2.36. The van der Waals surface area contributed by atoms with Crippen molar-refractivity contribution in [1.82, 2.24) is 19.3 Å². The molecule has 1 fully saturated rings. The van der Waals surface area contributed by atoms with E-state index in [1.807, 2.05) is 17.9 Å². The Balaban J connectivity index is 1.62. The third-order valence-electron chi connectivity index (χ3n) is 4.03. The molecule has 0 unspecified atom stereocenters. The molecule has 0 amide bonds. The molecule has 1 N–H and O–H groups in total. The molecule has 0 aromatic carbocycles. The van der Waals surface area contributed by atoms with Gasteiger partial charge in [0.1, 0.15) is 0 Å². The van der Waals surface area contributed by atoms with Crippen LogP contribution in [0.3, 0.4) is 0 Å². The van der Waals surface area contributed by atoms with Crippen molar-refractivity contribution in [2.45, 2.75) is 45.1 Å². The van der Waals surface area contributed by atoms with E-state index in [1.165, 1.54) is 31.2 Å². The summed E-state index contributed by atoms with van der Waals surface area (Å²) in [4.78, 5) is 4.62. The van der Waals surface area contributed by atoms with Crippen LogP contribution in [-0.2, 0) is 13.5 Å². The Morgan fingerprint density at radius 1 is 1.30 bits per heavy atom. The number of aryl methyl sites for hydroxylation is 2. The number of imidazole rings is 1. The van der Waals surface area contributed by atoms with Gasteiger partial charge in [0.15, 0.2) is 0 Å². The number of nitrogens with zero attached hydrogens (tertiary/aromatic N) is 4. The van der Waals surface area contributed by atoms with Gasteiger partial charge < -0.3 is 9.88 Å². The molecule has 0 bridgehead atoms. The number of hydrogen-bond donors (Lipinski definition) is 1. The summed E-state index contributed by atoms with van der Waals surface area (Å²) in [7, 11) is 1.95. The Bertz CT molecular complexity index is 563. The minimum Gasteiger partial charge on any atom is -0.355 e. The van der Waals surface area contributed by atoms with Gasteiger partial charge in [-0.3, -0.25) is 4.68 Å². The van der Waals surface area contributed by atoms with Gasteiger partial charge in [0, 0.05) is 32.0 Å². The average molecular weight is 273 g/mol. The average Bonchev–Trinajstić information content (AvgIpc) is 3.11. The van der Waals surface area contributed by atoms with Crippen LogP contribution in [0, 0.1) is 6.92 Å². The van der Waals surface area contributed by atoms with E-state index in [2.05, 4.69) is 39.3 Å². The predicted octanol–water partition coefficient (Wildman–Crippen LogP) is 2.69. The number of aromatic nitrogens is 4. The normalized spacial score (nSPS) is 15.9. The van der Waals surface area contributed by atoms with Gasteiger partial charge in [0.2, 0.25) is 5.95 Å². The summed E-state index contributed by atoms with van der Waals surface area (Å²) >= 11 is 0. The van der Waals surface area contributed by atoms with Crippen LogP contribution in [0.5, 0.6) is 0 Å². The second-order valence-electron chi connectivity index (χ2n) is 5.75. The number of nitrogens with one attached hydrogen (secondary N) is 1. The van der Waals surface area contributed by atoms with Gasteiger partial charge in [0.25, 0.3) is 0 Å². The fourth-order valence-electron chi connectivity index (χ4n) is 3.03. The fraction of sp³-hybridized carbons (Fsp3) is 0.600. The van der Waals surface area contributed by atoms with Crippen LogP contribution < -0.4 is 5.32 Å². The Morgan fingerprint density at radius 3 is 2.80 bits per heavy atom. The van der Waals surface area contributed by atoms with Crippen molar-refractivity contribution < 1.29 is 0 Å². The van der Waals surface area contributed by atoms with Crippen molar-refractivity contribution in [1.29, 1.82) is 0 Å². The first-order valence-corrected chi connectivity index (χ1v) is 7.49. The van der Waals surface area contributed by atoms with Crippen LogP contribution in [0.4, 0.5) is 5.95 Å². The lowest BCUT2D eigenvalue weighted by Crippen LogP contribution is -2.12. The van der Waals surface area contributed by atoms with E-state index in [4.69, 9.17) is 0 Å². The summed E-state index contributed by atoms with van der Waals surface area (Å²) in [6.45, 7) is 2.96. The maximum atomic E-state index is 4.62. The van der Waals surface area contributed by atoms with Gasteiger partial charge in [-0.2, -0.15) is 5.10 Å². The molecular formula is C15H23N5. The first-order chi connectivity index (χ1) is 9.72. The summed E-state index contributed by atoms with van der Waals surface area (Å²) in [5.74, 6) is 1.03. The smallest absolute Gasteiger partial charge is 0.203 e. The van der Waals surface area contributed by atoms with Gasteiger partial charge in [-0.1, -0.05) is 12.8 Å². The lowest BCUT2D eigenvalue weighted by Gasteiger charge is -2.15. The lowest BCUT2D eigenvalue weighted by molar-refractivity contribution is 0.522. The van der Waals surface area contributed by atoms with Crippen LogP contribution in [0.15, 0.2) is 18.6 Å². The number of rotatable bonds is 5. The minimum absolute atomic E-state index is 0.636. The SMILES string of the molecule is Cc1cn(C2CCCC2)c(NCCc2cnn(C)c2)n1. The molecule has 5 nitrogen and oxygen atoms in total. The largest absolute Gasteiger partial charge is 0.355 e. The maximum Gasteiger partial charge on any atom is 0.203 e. The van der Waals surface area contributed by atoms with Crippen molar-refractivity contribution in [2.24, 2.45) is 7.05 Å². The Labute approximate surface area is 120 Å². The standard InChI is InChI=1S/C15H23N5/c1-12-10-20(14-5-3-4-6-14)15(18-12)16-8-7-13-9-17-19(2)11-13/h9-11,14H,3-8H2,1-2H3,(H,16,18). The number of anilines is 1.